The molecular weight excluding hydrogens is 298 g/mol. The summed E-state index contributed by atoms with van der Waals surface area (Å²) in [7, 11) is 0. The molecule has 19 heavy (non-hydrogen) atoms. The first-order valence-electron chi connectivity index (χ1n) is 6.55. The van der Waals surface area contributed by atoms with Gasteiger partial charge in [0.1, 0.15) is 0 Å². The molecule has 0 unspecified atom stereocenters. The van der Waals surface area contributed by atoms with Gasteiger partial charge in [0, 0.05) is 4.47 Å². The summed E-state index contributed by atoms with van der Waals surface area (Å²) in [5.41, 5.74) is 5.91. The molecule has 4 bridgehead atoms. The minimum atomic E-state index is 0.839. The van der Waals surface area contributed by atoms with Gasteiger partial charge in [0.05, 0.1) is 11.6 Å². The normalized spacial score (nSPS) is 13.7. The van der Waals surface area contributed by atoms with Gasteiger partial charge in [-0.3, -0.25) is 0 Å². The van der Waals surface area contributed by atoms with Crippen LogP contribution in [0.25, 0.3) is 0 Å². The number of rotatable bonds is 0. The van der Waals surface area contributed by atoms with E-state index in [1.165, 1.54) is 21.2 Å². The van der Waals surface area contributed by atoms with Crippen molar-refractivity contribution in [3.8, 4) is 6.07 Å². The fourth-order valence-electron chi connectivity index (χ4n) is 2.61. The Balaban J connectivity index is 2.05. The van der Waals surface area contributed by atoms with Crippen molar-refractivity contribution in [1.82, 2.24) is 0 Å². The van der Waals surface area contributed by atoms with E-state index in [1.54, 1.807) is 0 Å². The monoisotopic (exact) mass is 311 g/mol. The second-order valence-electron chi connectivity index (χ2n) is 5.03. The van der Waals surface area contributed by atoms with Crippen LogP contribution in [-0.4, -0.2) is 0 Å². The lowest BCUT2D eigenvalue weighted by Crippen LogP contribution is -2.01. The van der Waals surface area contributed by atoms with Gasteiger partial charge in [-0.2, -0.15) is 5.26 Å². The summed E-state index contributed by atoms with van der Waals surface area (Å²) in [6.07, 6.45) is 3.89. The van der Waals surface area contributed by atoms with E-state index in [0.29, 0.717) is 0 Å². The molecule has 1 nitrogen and oxygen atoms in total. The third kappa shape index (κ3) is 2.57. The molecule has 0 heterocycles. The van der Waals surface area contributed by atoms with Crippen LogP contribution in [0.5, 0.6) is 0 Å². The Morgan fingerprint density at radius 3 is 2.16 bits per heavy atom. The molecule has 4 aliphatic carbocycles. The van der Waals surface area contributed by atoms with Crippen LogP contribution in [0.2, 0.25) is 0 Å². The molecule has 0 aliphatic heterocycles. The van der Waals surface area contributed by atoms with Crippen LogP contribution in [0.3, 0.4) is 0 Å². The number of halogens is 1. The lowest BCUT2D eigenvalue weighted by atomic mass is 9.94. The van der Waals surface area contributed by atoms with E-state index in [1.807, 2.05) is 0 Å². The number of hydrogen-bond acceptors (Lipinski definition) is 1. The zero-order valence-corrected chi connectivity index (χ0v) is 12.2. The average molecular weight is 312 g/mol. The molecule has 0 amide bonds. The predicted molar refractivity (Wildman–Crippen MR) is 80.1 cm³/mol. The molecule has 0 spiro atoms. The third-order valence-electron chi connectivity index (χ3n) is 3.78. The first kappa shape index (κ1) is 12.4. The Kier molecular flexibility index (Phi) is 3.40. The summed E-state index contributed by atoms with van der Waals surface area (Å²) in [5.74, 6) is 0. The molecule has 2 aromatic carbocycles. The van der Waals surface area contributed by atoms with E-state index in [-0.39, 0.29) is 0 Å². The van der Waals surface area contributed by atoms with Crippen LogP contribution in [0.1, 0.15) is 27.8 Å². The van der Waals surface area contributed by atoms with Crippen molar-refractivity contribution in [2.45, 2.75) is 25.7 Å². The predicted octanol–water partition coefficient (Wildman–Crippen LogP) is 4.20. The summed E-state index contributed by atoms with van der Waals surface area (Å²) in [6.45, 7) is 0. The third-order valence-corrected chi connectivity index (χ3v) is 4.52. The van der Waals surface area contributed by atoms with Gasteiger partial charge in [0.25, 0.3) is 0 Å². The Labute approximate surface area is 122 Å². The number of aryl methyl sites for hydroxylation is 4. The highest BCUT2D eigenvalue weighted by Crippen LogP contribution is 2.24. The highest BCUT2D eigenvalue weighted by atomic mass is 79.9. The van der Waals surface area contributed by atoms with Gasteiger partial charge in [-0.1, -0.05) is 40.2 Å². The summed E-state index contributed by atoms with van der Waals surface area (Å²) in [4.78, 5) is 0. The van der Waals surface area contributed by atoms with Crippen molar-refractivity contribution >= 4 is 15.9 Å². The lowest BCUT2D eigenvalue weighted by Gasteiger charge is -2.12. The maximum absolute atomic E-state index is 9.26. The molecular formula is C17H14BrN. The molecule has 0 radical (unpaired) electrons. The van der Waals surface area contributed by atoms with Gasteiger partial charge in [0.15, 0.2) is 0 Å². The molecule has 0 atom stereocenters. The smallest absolute Gasteiger partial charge is 0.0994 e. The van der Waals surface area contributed by atoms with Gasteiger partial charge >= 0.3 is 0 Å². The van der Waals surface area contributed by atoms with Gasteiger partial charge in [-0.25, -0.2) is 0 Å². The van der Waals surface area contributed by atoms with Crippen LogP contribution in [0.15, 0.2) is 40.9 Å². The maximum atomic E-state index is 9.26. The van der Waals surface area contributed by atoms with Crippen LogP contribution >= 0.6 is 15.9 Å². The Morgan fingerprint density at radius 2 is 1.47 bits per heavy atom. The zero-order valence-electron chi connectivity index (χ0n) is 10.6. The van der Waals surface area contributed by atoms with Gasteiger partial charge in [-0.05, 0) is 60.1 Å². The Bertz CT molecular complexity index is 667. The lowest BCUT2D eigenvalue weighted by molar-refractivity contribution is 0.913. The second kappa shape index (κ2) is 5.19. The van der Waals surface area contributed by atoms with E-state index in [0.717, 1.165) is 36.8 Å². The van der Waals surface area contributed by atoms with E-state index < -0.39 is 0 Å². The fraction of sp³-hybridized carbons (Fsp3) is 0.235. The van der Waals surface area contributed by atoms with Crippen molar-refractivity contribution < 1.29 is 0 Å². The van der Waals surface area contributed by atoms with E-state index in [9.17, 15) is 5.26 Å². The van der Waals surface area contributed by atoms with E-state index in [2.05, 4.69) is 58.4 Å². The largest absolute Gasteiger partial charge is 0.192 e. The van der Waals surface area contributed by atoms with E-state index in [4.69, 9.17) is 0 Å². The molecule has 94 valence electrons. The van der Waals surface area contributed by atoms with Crippen molar-refractivity contribution in [3.63, 3.8) is 0 Å². The molecule has 0 fully saturated rings. The molecule has 2 heteroatoms. The molecule has 0 saturated heterocycles. The van der Waals surface area contributed by atoms with Crippen LogP contribution in [0, 0.1) is 11.3 Å². The summed E-state index contributed by atoms with van der Waals surface area (Å²) in [6, 6.07) is 15.3. The highest BCUT2D eigenvalue weighted by Gasteiger charge is 2.09. The number of nitriles is 1. The SMILES string of the molecule is N#Cc1cc2ccc1CCc1ccc(c(Br)c1)CC2. The summed E-state index contributed by atoms with van der Waals surface area (Å²) < 4.78 is 1.21. The van der Waals surface area contributed by atoms with Crippen LogP contribution in [0.4, 0.5) is 0 Å². The molecule has 4 aliphatic rings. The van der Waals surface area contributed by atoms with Crippen molar-refractivity contribution in [1.29, 1.82) is 5.26 Å². The number of nitrogens with zero attached hydrogens (tertiary/aromatic N) is 1. The maximum Gasteiger partial charge on any atom is 0.0994 e. The first-order valence-corrected chi connectivity index (χ1v) is 7.35. The fourth-order valence-corrected chi connectivity index (χ4v) is 3.23. The van der Waals surface area contributed by atoms with Crippen LogP contribution in [-0.2, 0) is 25.7 Å². The minimum absolute atomic E-state index is 0.839. The average Bonchev–Trinajstić information content (AvgIpc) is 2.42. The van der Waals surface area contributed by atoms with E-state index >= 15 is 0 Å². The highest BCUT2D eigenvalue weighted by molar-refractivity contribution is 9.10. The topological polar surface area (TPSA) is 23.8 Å². The first-order chi connectivity index (χ1) is 9.26. The number of hydrogen-bond donors (Lipinski definition) is 0. The molecule has 2 aromatic rings. The minimum Gasteiger partial charge on any atom is -0.192 e. The quantitative estimate of drug-likeness (QED) is 0.715. The Morgan fingerprint density at radius 1 is 0.842 bits per heavy atom. The van der Waals surface area contributed by atoms with Crippen molar-refractivity contribution in [3.05, 3.63) is 68.7 Å². The molecule has 0 saturated carbocycles. The van der Waals surface area contributed by atoms with Crippen LogP contribution < -0.4 is 0 Å². The van der Waals surface area contributed by atoms with Gasteiger partial charge in [-0.15, -0.1) is 0 Å². The number of benzene rings is 2. The van der Waals surface area contributed by atoms with Crippen molar-refractivity contribution in [2.24, 2.45) is 0 Å². The standard InChI is InChI=1S/C17H14BrN/c18-17-10-13-2-6-14-5-1-12(9-16(14)11-19)3-7-15(17)8-4-13/h1,4-5,8-10H,2-3,6-7H2. The van der Waals surface area contributed by atoms with Crippen molar-refractivity contribution in [2.75, 3.05) is 0 Å². The molecule has 6 rings (SSSR count). The Hall–Kier alpha value is -1.59. The van der Waals surface area contributed by atoms with Gasteiger partial charge < -0.3 is 0 Å². The van der Waals surface area contributed by atoms with Gasteiger partial charge in [0.2, 0.25) is 0 Å². The molecule has 0 N–H and O–H groups in total. The summed E-state index contributed by atoms with van der Waals surface area (Å²) >= 11 is 3.66. The second-order valence-corrected chi connectivity index (χ2v) is 5.88. The molecule has 0 aromatic heterocycles. The zero-order chi connectivity index (χ0) is 13.2. The summed E-state index contributed by atoms with van der Waals surface area (Å²) in [5, 5.41) is 9.26.